The van der Waals surface area contributed by atoms with Gasteiger partial charge >= 0.3 is 6.09 Å². The van der Waals surface area contributed by atoms with Crippen LogP contribution in [0.15, 0.2) is 72.8 Å². The van der Waals surface area contributed by atoms with Gasteiger partial charge in [-0.3, -0.25) is 4.90 Å². The largest absolute Gasteiger partial charge is 0.485 e. The molecule has 0 aromatic heterocycles. The van der Waals surface area contributed by atoms with E-state index < -0.39 is 23.8 Å². The van der Waals surface area contributed by atoms with Gasteiger partial charge in [0.2, 0.25) is 0 Å². The topological polar surface area (TPSA) is 79.2 Å². The molecule has 6 heteroatoms. The Morgan fingerprint density at radius 1 is 0.914 bits per heavy atom. The number of hydrogen-bond donors (Lipinski definition) is 2. The lowest BCUT2D eigenvalue weighted by Crippen LogP contribution is -2.54. The Hall–Kier alpha value is -3.51. The number of carbonyl (C=O) groups is 1. The number of hydrogen-bond acceptors (Lipinski definition) is 4. The maximum Gasteiger partial charge on any atom is 0.408 e. The Bertz CT molecular complexity index is 1140. The second kappa shape index (κ2) is 10.4. The summed E-state index contributed by atoms with van der Waals surface area (Å²) in [5, 5.41) is 21.2. The van der Waals surface area contributed by atoms with Crippen LogP contribution in [0.2, 0.25) is 0 Å². The molecule has 3 aromatic carbocycles. The molecular formula is C29H33NO5. The minimum atomic E-state index is -1.03. The van der Waals surface area contributed by atoms with E-state index in [1.54, 1.807) is 0 Å². The first kappa shape index (κ1) is 24.6. The van der Waals surface area contributed by atoms with Gasteiger partial charge in [0, 0.05) is 11.1 Å². The molecule has 184 valence electrons. The van der Waals surface area contributed by atoms with Crippen molar-refractivity contribution in [1.82, 2.24) is 4.90 Å². The zero-order valence-electron chi connectivity index (χ0n) is 20.5. The van der Waals surface area contributed by atoms with Crippen LogP contribution < -0.4 is 9.47 Å². The Kier molecular flexibility index (Phi) is 7.31. The number of amides is 1. The molecule has 4 rings (SSSR count). The van der Waals surface area contributed by atoms with Crippen molar-refractivity contribution in [3.63, 3.8) is 0 Å². The van der Waals surface area contributed by atoms with E-state index >= 15 is 0 Å². The van der Waals surface area contributed by atoms with E-state index in [0.717, 1.165) is 16.7 Å². The van der Waals surface area contributed by atoms with Gasteiger partial charge < -0.3 is 19.7 Å². The van der Waals surface area contributed by atoms with E-state index in [1.807, 2.05) is 93.6 Å². The van der Waals surface area contributed by atoms with Crippen molar-refractivity contribution in [3.05, 3.63) is 95.1 Å². The van der Waals surface area contributed by atoms with E-state index in [9.17, 15) is 15.0 Å². The average Bonchev–Trinajstić information content (AvgIpc) is 2.83. The Morgan fingerprint density at radius 2 is 1.49 bits per heavy atom. The highest BCUT2D eigenvalue weighted by atomic mass is 16.5. The highest BCUT2D eigenvalue weighted by Crippen LogP contribution is 2.44. The molecule has 0 saturated carbocycles. The van der Waals surface area contributed by atoms with Gasteiger partial charge in [-0.2, -0.15) is 0 Å². The van der Waals surface area contributed by atoms with Crippen LogP contribution in [-0.4, -0.2) is 32.8 Å². The van der Waals surface area contributed by atoms with Gasteiger partial charge in [-0.15, -0.1) is 0 Å². The highest BCUT2D eigenvalue weighted by Gasteiger charge is 2.41. The molecule has 0 saturated heterocycles. The van der Waals surface area contributed by atoms with Crippen LogP contribution in [0.1, 0.15) is 55.5 Å². The fraction of sp³-hybridized carbons (Fsp3) is 0.345. The van der Waals surface area contributed by atoms with Gasteiger partial charge in [0.15, 0.2) is 11.5 Å². The zero-order valence-corrected chi connectivity index (χ0v) is 20.5. The first-order valence-corrected chi connectivity index (χ1v) is 11.9. The number of carboxylic acid groups (broad SMARTS) is 1. The third kappa shape index (κ3) is 5.60. The predicted octanol–water partition coefficient (Wildman–Crippen LogP) is 5.97. The summed E-state index contributed by atoms with van der Waals surface area (Å²) in [6.07, 6.45) is -0.935. The third-order valence-electron chi connectivity index (χ3n) is 6.36. The predicted molar refractivity (Wildman–Crippen MR) is 135 cm³/mol. The van der Waals surface area contributed by atoms with E-state index in [2.05, 4.69) is 0 Å². The number of benzene rings is 3. The van der Waals surface area contributed by atoms with Crippen LogP contribution in [0.5, 0.6) is 11.5 Å². The fourth-order valence-corrected chi connectivity index (χ4v) is 4.75. The standard InChI is InChI=1S/C29H33NO5/c1-29(2,3)30(28(32)33)24-16-14-23-22(26(24)31)15-17-25(34-18-20-10-6-4-7-11-20)27(23)35-19-21-12-8-5-9-13-21/h4-13,15,17,24,26,31H,14,16,18-19H2,1-3H3,(H,32,33)/t24-,26-/m1/s1. The van der Waals surface area contributed by atoms with Crippen LogP contribution in [0.3, 0.4) is 0 Å². The minimum absolute atomic E-state index is 0.363. The smallest absolute Gasteiger partial charge is 0.408 e. The summed E-state index contributed by atoms with van der Waals surface area (Å²) < 4.78 is 12.5. The first-order chi connectivity index (χ1) is 16.8. The first-order valence-electron chi connectivity index (χ1n) is 11.9. The molecule has 1 aliphatic carbocycles. The van der Waals surface area contributed by atoms with E-state index in [0.29, 0.717) is 43.1 Å². The molecule has 0 heterocycles. The Morgan fingerprint density at radius 3 is 2.03 bits per heavy atom. The fourth-order valence-electron chi connectivity index (χ4n) is 4.75. The molecule has 0 radical (unpaired) electrons. The van der Waals surface area contributed by atoms with Crippen molar-refractivity contribution in [3.8, 4) is 11.5 Å². The molecule has 0 aliphatic heterocycles. The molecule has 35 heavy (non-hydrogen) atoms. The summed E-state index contributed by atoms with van der Waals surface area (Å²) in [4.78, 5) is 13.4. The van der Waals surface area contributed by atoms with Crippen molar-refractivity contribution >= 4 is 6.09 Å². The van der Waals surface area contributed by atoms with Crippen LogP contribution in [-0.2, 0) is 19.6 Å². The molecule has 6 nitrogen and oxygen atoms in total. The van der Waals surface area contributed by atoms with Crippen molar-refractivity contribution in [2.45, 2.75) is 64.5 Å². The summed E-state index contributed by atoms with van der Waals surface area (Å²) in [6, 6.07) is 22.9. The van der Waals surface area contributed by atoms with E-state index in [1.165, 1.54) is 4.90 Å². The van der Waals surface area contributed by atoms with Crippen LogP contribution >= 0.6 is 0 Å². The monoisotopic (exact) mass is 475 g/mol. The normalized spacial score (nSPS) is 17.4. The molecule has 1 aliphatic rings. The van der Waals surface area contributed by atoms with Crippen LogP contribution in [0, 0.1) is 0 Å². The third-order valence-corrected chi connectivity index (χ3v) is 6.36. The Balaban J connectivity index is 1.66. The average molecular weight is 476 g/mol. The van der Waals surface area contributed by atoms with Gasteiger partial charge in [-0.1, -0.05) is 66.7 Å². The van der Waals surface area contributed by atoms with Crippen molar-refractivity contribution in [1.29, 1.82) is 0 Å². The summed E-state index contributed by atoms with van der Waals surface area (Å²) >= 11 is 0. The quantitative estimate of drug-likeness (QED) is 0.440. The number of ether oxygens (including phenoxy) is 2. The summed E-state index contributed by atoms with van der Waals surface area (Å²) in [5.74, 6) is 1.22. The summed E-state index contributed by atoms with van der Waals surface area (Å²) in [6.45, 7) is 6.29. The molecule has 0 spiro atoms. The van der Waals surface area contributed by atoms with Crippen LogP contribution in [0.4, 0.5) is 4.79 Å². The lowest BCUT2D eigenvalue weighted by atomic mass is 9.83. The SMILES string of the molecule is CC(C)(C)N(C(=O)O)[C@@H]1CCc2c(ccc(OCc3ccccc3)c2OCc2ccccc2)[C@H]1O. The number of fused-ring (bicyclic) bond motifs is 1. The number of rotatable bonds is 7. The maximum absolute atomic E-state index is 12.1. The van der Waals surface area contributed by atoms with Crippen LogP contribution in [0.25, 0.3) is 0 Å². The van der Waals surface area contributed by atoms with E-state index in [-0.39, 0.29) is 0 Å². The Labute approximate surface area is 206 Å². The lowest BCUT2D eigenvalue weighted by Gasteiger charge is -2.44. The second-order valence-electron chi connectivity index (χ2n) is 9.88. The molecule has 2 atom stereocenters. The maximum atomic E-state index is 12.1. The van der Waals surface area contributed by atoms with Gasteiger partial charge in [-0.05, 0) is 56.4 Å². The van der Waals surface area contributed by atoms with Gasteiger partial charge in [-0.25, -0.2) is 4.79 Å². The van der Waals surface area contributed by atoms with E-state index in [4.69, 9.17) is 9.47 Å². The second-order valence-corrected chi connectivity index (χ2v) is 9.88. The zero-order chi connectivity index (χ0) is 25.0. The number of nitrogens with zero attached hydrogens (tertiary/aromatic N) is 1. The highest BCUT2D eigenvalue weighted by molar-refractivity contribution is 5.67. The molecule has 0 fully saturated rings. The summed E-state index contributed by atoms with van der Waals surface area (Å²) in [5.41, 5.74) is 2.99. The molecule has 0 bridgehead atoms. The summed E-state index contributed by atoms with van der Waals surface area (Å²) in [7, 11) is 0. The van der Waals surface area contributed by atoms with Gasteiger partial charge in [0.1, 0.15) is 13.2 Å². The van der Waals surface area contributed by atoms with Crippen molar-refractivity contribution < 1.29 is 24.5 Å². The van der Waals surface area contributed by atoms with Crippen molar-refractivity contribution in [2.75, 3.05) is 0 Å². The molecule has 1 amide bonds. The van der Waals surface area contributed by atoms with Crippen molar-refractivity contribution in [2.24, 2.45) is 0 Å². The minimum Gasteiger partial charge on any atom is -0.485 e. The molecule has 3 aromatic rings. The number of aliphatic hydroxyl groups is 1. The molecule has 0 unspecified atom stereocenters. The lowest BCUT2D eigenvalue weighted by molar-refractivity contribution is -0.00229. The molecular weight excluding hydrogens is 442 g/mol. The van der Waals surface area contributed by atoms with Gasteiger partial charge in [0.05, 0.1) is 12.1 Å². The molecule has 2 N–H and O–H groups in total. The number of aliphatic hydroxyl groups excluding tert-OH is 1. The van der Waals surface area contributed by atoms with Gasteiger partial charge in [0.25, 0.3) is 0 Å².